The van der Waals surface area contributed by atoms with Crippen LogP contribution in [0.25, 0.3) is 0 Å². The minimum absolute atomic E-state index is 0.252. The van der Waals surface area contributed by atoms with Crippen LogP contribution < -0.4 is 4.74 Å². The quantitative estimate of drug-likeness (QED) is 0.632. The second-order valence-corrected chi connectivity index (χ2v) is 6.91. The highest BCUT2D eigenvalue weighted by atomic mass is 16.5. The van der Waals surface area contributed by atoms with Gasteiger partial charge in [0.25, 0.3) is 5.91 Å². The van der Waals surface area contributed by atoms with Gasteiger partial charge >= 0.3 is 5.97 Å². The number of esters is 1. The summed E-state index contributed by atoms with van der Waals surface area (Å²) < 4.78 is 10.4. The summed E-state index contributed by atoms with van der Waals surface area (Å²) in [6.45, 7) is 1.70. The van der Waals surface area contributed by atoms with E-state index in [4.69, 9.17) is 9.47 Å². The van der Waals surface area contributed by atoms with Crippen LogP contribution in [0.3, 0.4) is 0 Å². The van der Waals surface area contributed by atoms with Gasteiger partial charge in [0.15, 0.2) is 6.61 Å². The first-order valence-electron chi connectivity index (χ1n) is 9.87. The van der Waals surface area contributed by atoms with E-state index in [1.165, 1.54) is 5.01 Å². The van der Waals surface area contributed by atoms with Gasteiger partial charge in [-0.15, -0.1) is 0 Å². The van der Waals surface area contributed by atoms with Crippen molar-refractivity contribution in [3.8, 4) is 5.75 Å². The van der Waals surface area contributed by atoms with Gasteiger partial charge in [0.05, 0.1) is 18.9 Å². The largest absolute Gasteiger partial charge is 0.497 e. The molecule has 152 valence electrons. The molecule has 1 amide bonds. The van der Waals surface area contributed by atoms with E-state index in [1.54, 1.807) is 7.11 Å². The molecule has 1 aliphatic heterocycles. The maximum absolute atomic E-state index is 12.8. The zero-order chi connectivity index (χ0) is 20.6. The highest BCUT2D eigenvalue weighted by Crippen LogP contribution is 2.33. The average molecular weight is 394 g/mol. The summed E-state index contributed by atoms with van der Waals surface area (Å²) in [5.74, 6) is 0.0629. The number of hydrogen-bond donors (Lipinski definition) is 0. The lowest BCUT2D eigenvalue weighted by Gasteiger charge is -2.22. The standard InChI is InChI=1S/C23H26N2O4/c1-3-4-10-23(27)29-16-22(26)25-21(18-11-13-19(28-2)14-12-18)15-20(24-25)17-8-6-5-7-9-17/h5-9,11-14,21H,3-4,10,15-16H2,1-2H3/t21-/m0/s1. The van der Waals surface area contributed by atoms with Crippen LogP contribution in [0.5, 0.6) is 5.75 Å². The molecule has 0 saturated heterocycles. The molecule has 0 aromatic heterocycles. The Balaban J connectivity index is 1.78. The number of hydrogen-bond acceptors (Lipinski definition) is 5. The third-order valence-electron chi connectivity index (χ3n) is 4.86. The summed E-state index contributed by atoms with van der Waals surface area (Å²) >= 11 is 0. The molecule has 2 aromatic rings. The maximum Gasteiger partial charge on any atom is 0.306 e. The Morgan fingerprint density at radius 1 is 1.10 bits per heavy atom. The first-order valence-corrected chi connectivity index (χ1v) is 9.87. The predicted octanol–water partition coefficient (Wildman–Crippen LogP) is 4.11. The van der Waals surface area contributed by atoms with Crippen LogP contribution in [0, 0.1) is 0 Å². The molecule has 0 saturated carbocycles. The van der Waals surface area contributed by atoms with E-state index in [0.717, 1.165) is 35.4 Å². The van der Waals surface area contributed by atoms with Crippen molar-refractivity contribution in [1.82, 2.24) is 5.01 Å². The molecule has 0 spiro atoms. The fraction of sp³-hybridized carbons (Fsp3) is 0.348. The van der Waals surface area contributed by atoms with Gasteiger partial charge in [0.2, 0.25) is 0 Å². The lowest BCUT2D eigenvalue weighted by atomic mass is 9.98. The molecule has 6 heteroatoms. The zero-order valence-electron chi connectivity index (χ0n) is 16.8. The number of amides is 1. The second kappa shape index (κ2) is 9.87. The van der Waals surface area contributed by atoms with Gasteiger partial charge in [-0.25, -0.2) is 5.01 Å². The van der Waals surface area contributed by atoms with Gasteiger partial charge in [0.1, 0.15) is 5.75 Å². The van der Waals surface area contributed by atoms with Gasteiger partial charge in [-0.3, -0.25) is 9.59 Å². The molecule has 2 aromatic carbocycles. The number of unbranched alkanes of at least 4 members (excludes halogenated alkanes) is 1. The monoisotopic (exact) mass is 394 g/mol. The molecule has 0 N–H and O–H groups in total. The predicted molar refractivity (Wildman–Crippen MR) is 111 cm³/mol. The lowest BCUT2D eigenvalue weighted by molar-refractivity contribution is -0.152. The van der Waals surface area contributed by atoms with Crippen LogP contribution in [0.2, 0.25) is 0 Å². The van der Waals surface area contributed by atoms with Crippen LogP contribution >= 0.6 is 0 Å². The molecule has 0 unspecified atom stereocenters. The van der Waals surface area contributed by atoms with Crippen molar-refractivity contribution in [1.29, 1.82) is 0 Å². The average Bonchev–Trinajstić information content (AvgIpc) is 3.22. The zero-order valence-corrected chi connectivity index (χ0v) is 16.8. The molecule has 1 atom stereocenters. The van der Waals surface area contributed by atoms with Crippen LogP contribution in [0.4, 0.5) is 0 Å². The summed E-state index contributed by atoms with van der Waals surface area (Å²) in [5.41, 5.74) is 2.75. The van der Waals surface area contributed by atoms with Crippen molar-refractivity contribution in [2.24, 2.45) is 5.10 Å². The van der Waals surface area contributed by atoms with E-state index in [0.29, 0.717) is 12.8 Å². The number of methoxy groups -OCH3 is 1. The molecule has 0 aliphatic carbocycles. The number of nitrogens with zero attached hydrogens (tertiary/aromatic N) is 2. The number of carbonyl (C=O) groups is 2. The Kier molecular flexibility index (Phi) is 7.00. The molecule has 0 fully saturated rings. The van der Waals surface area contributed by atoms with E-state index in [9.17, 15) is 9.59 Å². The smallest absolute Gasteiger partial charge is 0.306 e. The van der Waals surface area contributed by atoms with Gasteiger partial charge in [-0.05, 0) is 29.7 Å². The van der Waals surface area contributed by atoms with Gasteiger partial charge < -0.3 is 9.47 Å². The molecular formula is C23H26N2O4. The first kappa shape index (κ1) is 20.6. The number of benzene rings is 2. The minimum Gasteiger partial charge on any atom is -0.497 e. The Bertz CT molecular complexity index is 862. The number of carbonyl (C=O) groups excluding carboxylic acids is 2. The summed E-state index contributed by atoms with van der Waals surface area (Å²) in [6.07, 6.45) is 2.57. The van der Waals surface area contributed by atoms with E-state index in [-0.39, 0.29) is 24.5 Å². The highest BCUT2D eigenvalue weighted by Gasteiger charge is 2.33. The molecule has 3 rings (SSSR count). The molecule has 0 bridgehead atoms. The number of ether oxygens (including phenoxy) is 2. The SMILES string of the molecule is CCCCC(=O)OCC(=O)N1N=C(c2ccccc2)C[C@H]1c1ccc(OC)cc1. The third-order valence-corrected chi connectivity index (χ3v) is 4.86. The van der Waals surface area contributed by atoms with Crippen molar-refractivity contribution >= 4 is 17.6 Å². The van der Waals surface area contributed by atoms with Crippen LogP contribution in [-0.4, -0.2) is 36.3 Å². The summed E-state index contributed by atoms with van der Waals surface area (Å²) in [7, 11) is 1.61. The first-order chi connectivity index (χ1) is 14.1. The van der Waals surface area contributed by atoms with Crippen molar-refractivity contribution in [2.75, 3.05) is 13.7 Å². The van der Waals surface area contributed by atoms with Crippen LogP contribution in [-0.2, 0) is 14.3 Å². The van der Waals surface area contributed by atoms with Crippen molar-refractivity contribution in [3.63, 3.8) is 0 Å². The Morgan fingerprint density at radius 2 is 1.83 bits per heavy atom. The second-order valence-electron chi connectivity index (χ2n) is 6.91. The normalized spacial score (nSPS) is 15.7. The molecule has 29 heavy (non-hydrogen) atoms. The van der Waals surface area contributed by atoms with E-state index in [2.05, 4.69) is 5.10 Å². The Morgan fingerprint density at radius 3 is 2.48 bits per heavy atom. The van der Waals surface area contributed by atoms with E-state index < -0.39 is 0 Å². The van der Waals surface area contributed by atoms with Gasteiger partial charge in [-0.1, -0.05) is 55.8 Å². The third kappa shape index (κ3) is 5.22. The van der Waals surface area contributed by atoms with Crippen molar-refractivity contribution < 1.29 is 19.1 Å². The summed E-state index contributed by atoms with van der Waals surface area (Å²) in [5, 5.41) is 6.02. The maximum atomic E-state index is 12.8. The molecule has 1 aliphatic rings. The highest BCUT2D eigenvalue weighted by molar-refractivity contribution is 6.03. The Hall–Kier alpha value is -3.15. The molecule has 0 radical (unpaired) electrons. The topological polar surface area (TPSA) is 68.2 Å². The fourth-order valence-electron chi connectivity index (χ4n) is 3.23. The minimum atomic E-state index is -0.354. The van der Waals surface area contributed by atoms with Gasteiger partial charge in [0, 0.05) is 12.8 Å². The van der Waals surface area contributed by atoms with Crippen LogP contribution in [0.1, 0.15) is 49.8 Å². The molecular weight excluding hydrogens is 368 g/mol. The lowest BCUT2D eigenvalue weighted by Crippen LogP contribution is -2.31. The molecule has 6 nitrogen and oxygen atoms in total. The number of hydrazone groups is 1. The number of rotatable bonds is 8. The van der Waals surface area contributed by atoms with Crippen LogP contribution in [0.15, 0.2) is 59.7 Å². The van der Waals surface area contributed by atoms with Gasteiger partial charge in [-0.2, -0.15) is 5.10 Å². The molecule has 1 heterocycles. The van der Waals surface area contributed by atoms with Crippen molar-refractivity contribution in [2.45, 2.75) is 38.6 Å². The fourth-order valence-corrected chi connectivity index (χ4v) is 3.23. The van der Waals surface area contributed by atoms with E-state index in [1.807, 2.05) is 61.5 Å². The Labute approximate surface area is 171 Å². The van der Waals surface area contributed by atoms with Crippen molar-refractivity contribution in [3.05, 3.63) is 65.7 Å². The summed E-state index contributed by atoms with van der Waals surface area (Å²) in [6, 6.07) is 17.1. The summed E-state index contributed by atoms with van der Waals surface area (Å²) in [4.78, 5) is 24.6. The van der Waals surface area contributed by atoms with E-state index >= 15 is 0 Å².